The topological polar surface area (TPSA) is 679 Å². The van der Waals surface area contributed by atoms with Crippen molar-refractivity contribution in [2.75, 3.05) is 31.1 Å². The fourth-order valence-electron chi connectivity index (χ4n) is 11.1. The Morgan fingerprint density at radius 1 is 0.360 bits per heavy atom. The van der Waals surface area contributed by atoms with Crippen molar-refractivity contribution in [2.24, 2.45) is 67.1 Å². The van der Waals surface area contributed by atoms with Crippen LogP contribution in [-0.4, -0.2) is 206 Å². The number of hydrogen-bond acceptors (Lipinski definition) is 20. The van der Waals surface area contributed by atoms with Crippen LogP contribution < -0.4 is 82.3 Å². The minimum Gasteiger partial charge on any atom is -0.481 e. The van der Waals surface area contributed by atoms with Crippen LogP contribution in [0.25, 0.3) is 0 Å². The molecule has 0 spiro atoms. The molecule has 0 aliphatic carbocycles. The number of aliphatic imine (C=N–C) groups is 3. The maximum Gasteiger partial charge on any atom is 0.327 e. The predicted molar refractivity (Wildman–Crippen MR) is 426 cm³/mol. The zero-order valence-corrected chi connectivity index (χ0v) is 65.2. The normalized spacial score (nSPS) is 12.9. The molecule has 9 amide bonds. The minimum absolute atomic E-state index is 0.0156. The first-order chi connectivity index (χ1) is 54.1. The number of thiol groups is 2. The summed E-state index contributed by atoms with van der Waals surface area (Å²) in [7, 11) is 0. The number of carboxylic acids is 6. The van der Waals surface area contributed by atoms with Crippen LogP contribution in [0.5, 0.6) is 0 Å². The van der Waals surface area contributed by atoms with Crippen molar-refractivity contribution in [3.63, 3.8) is 0 Å². The summed E-state index contributed by atoms with van der Waals surface area (Å²) in [6, 6.07) is 16.3. The first-order valence-corrected chi connectivity index (χ1v) is 37.7. The number of nitrogens with one attached hydrogen (secondary N) is 9. The van der Waals surface area contributed by atoms with E-state index in [4.69, 9.17) is 44.6 Å². The second kappa shape index (κ2) is 58.2. The van der Waals surface area contributed by atoms with Gasteiger partial charge in [-0.3, -0.25) is 72.5 Å². The van der Waals surface area contributed by atoms with Gasteiger partial charge in [-0.05, 0) is 117 Å². The molecule has 630 valence electrons. The van der Waals surface area contributed by atoms with Gasteiger partial charge in [0.25, 0.3) is 0 Å². The van der Waals surface area contributed by atoms with Crippen LogP contribution in [0, 0.1) is 17.8 Å². The lowest BCUT2D eigenvalue weighted by Crippen LogP contribution is -2.45. The average Bonchev–Trinajstić information content (AvgIpc) is 0.901. The summed E-state index contributed by atoms with van der Waals surface area (Å²) in [4.78, 5) is 187. The van der Waals surface area contributed by atoms with Gasteiger partial charge < -0.3 is 113 Å². The molecular weight excluding hydrogens is 1530 g/mol. The molecule has 0 aliphatic rings. The van der Waals surface area contributed by atoms with Crippen LogP contribution in [0.1, 0.15) is 143 Å². The number of carbonyl (C=O) groups is 15. The number of carboxylic acid groups (broad SMARTS) is 6. The Hall–Kier alpha value is -11.8. The molecule has 3 aromatic rings. The first-order valence-electron chi connectivity index (χ1n) is 36.4. The maximum atomic E-state index is 13.0. The molecule has 114 heavy (non-hydrogen) atoms. The van der Waals surface area contributed by atoms with E-state index in [-0.39, 0.29) is 92.2 Å². The molecule has 0 radical (unpaired) electrons. The Balaban J connectivity index is 0.000000858. The molecule has 0 fully saturated rings. The third kappa shape index (κ3) is 47.4. The molecule has 3 aromatic carbocycles. The van der Waals surface area contributed by atoms with Crippen molar-refractivity contribution >= 4 is 134 Å². The highest BCUT2D eigenvalue weighted by Crippen LogP contribution is 2.22. The Labute approximate surface area is 670 Å². The van der Waals surface area contributed by atoms with E-state index in [2.05, 4.69) is 88.1 Å². The standard InChI is InChI=1S/C26H43N9O5S.C25H38N6O7.C22H29N3O9S/c27-25(28)32-11-1-3-19(23(38)35-21(15-41)24(39)40)9-10-20(4-2-12-33-26(29)30)34-22(37)13-17-5-7-18(8-6-17)14-31-16-36;1-2-20(24(37)38)31-23(36)18(13-22(34)35)9-10-19(4-3-11-29-25(26)27)30-21(33)12-16-5-7-17(8-6-16)14-28-15-32;26-12-23-10-14-3-1-13(2-4-14)7-18(27)24-16(9-20(30)31)6-5-15(8-19(28)29)21(32)25-17(11-35)22(33)34/h5-8,16,19-21,41H,1-4,9-15H2,(H,31,36)(H,34,37)(H,35,38)(H,39,40)(H4,27,28,32)(H4,29,30,33);5-8,15,18-20H,2-4,9-14H2,1H3,(H,28,32)(H,30,33)(H,31,36)(H,34,35)(H,37,38)(H4,26,27,29);1-4,12,15-17,35H,5-11H2,(H,23,26)(H,24,27)(H,25,32)(H,28,29)(H,30,31)(H,33,34)/t19-,20+,21+;18-,19-,20-;15-,16+,17-/m100/s1. The highest BCUT2D eigenvalue weighted by molar-refractivity contribution is 7.80. The number of nitrogens with two attached hydrogens (primary N) is 6. The minimum atomic E-state index is -1.33. The molecule has 3 rings (SSSR count). The third-order valence-corrected chi connectivity index (χ3v) is 17.8. The smallest absolute Gasteiger partial charge is 0.327 e. The average molecular weight is 1640 g/mol. The molecule has 0 saturated heterocycles. The third-order valence-electron chi connectivity index (χ3n) is 17.0. The summed E-state index contributed by atoms with van der Waals surface area (Å²) in [5.74, 6) is -13.2. The van der Waals surface area contributed by atoms with Crippen molar-refractivity contribution in [2.45, 2.75) is 185 Å². The van der Waals surface area contributed by atoms with Gasteiger partial charge in [0, 0.05) is 86.7 Å². The number of aliphatic carboxylic acids is 6. The molecule has 0 aromatic heterocycles. The van der Waals surface area contributed by atoms with Crippen molar-refractivity contribution < 1.29 is 103 Å². The van der Waals surface area contributed by atoms with Crippen LogP contribution in [0.2, 0.25) is 0 Å². The molecule has 0 bridgehead atoms. The lowest BCUT2D eigenvalue weighted by atomic mass is 9.92. The lowest BCUT2D eigenvalue weighted by molar-refractivity contribution is -0.144. The van der Waals surface area contributed by atoms with Gasteiger partial charge in [0.2, 0.25) is 54.7 Å². The summed E-state index contributed by atoms with van der Waals surface area (Å²) in [6.07, 6.45) is 4.91. The van der Waals surface area contributed by atoms with E-state index >= 15 is 0 Å². The van der Waals surface area contributed by atoms with Crippen molar-refractivity contribution in [1.82, 2.24) is 47.9 Å². The fraction of sp³-hybridized carbons (Fsp3) is 0.507. The molecular formula is C73H110N18O21S2. The van der Waals surface area contributed by atoms with Gasteiger partial charge in [0.1, 0.15) is 18.1 Å². The Morgan fingerprint density at radius 2 is 0.632 bits per heavy atom. The Morgan fingerprint density at radius 3 is 0.912 bits per heavy atom. The summed E-state index contributed by atoms with van der Waals surface area (Å²) in [6.45, 7) is 3.76. The van der Waals surface area contributed by atoms with Crippen LogP contribution in [0.4, 0.5) is 0 Å². The van der Waals surface area contributed by atoms with Gasteiger partial charge in [-0.15, -0.1) is 0 Å². The second-order valence-corrected chi connectivity index (χ2v) is 26.9. The van der Waals surface area contributed by atoms with Gasteiger partial charge >= 0.3 is 35.8 Å². The van der Waals surface area contributed by atoms with Gasteiger partial charge in [-0.1, -0.05) is 79.7 Å². The van der Waals surface area contributed by atoms with Crippen molar-refractivity contribution in [3.05, 3.63) is 106 Å². The van der Waals surface area contributed by atoms with Gasteiger partial charge in [0.15, 0.2) is 17.9 Å². The first kappa shape index (κ1) is 100. The van der Waals surface area contributed by atoms with Gasteiger partial charge in [0.05, 0.1) is 38.5 Å². The fourth-order valence-corrected chi connectivity index (χ4v) is 11.6. The number of hydrogen-bond donors (Lipinski definition) is 23. The van der Waals surface area contributed by atoms with Crippen molar-refractivity contribution in [3.8, 4) is 0 Å². The molecule has 27 N–H and O–H groups in total. The maximum absolute atomic E-state index is 13.0. The van der Waals surface area contributed by atoms with E-state index in [1.807, 2.05) is 36.4 Å². The SMILES string of the molecule is CC[C@H](NC(=O)[C@@H](CC[C@H](CCCN=C(N)N)NC(=O)Cc1ccc(CNC=O)cc1)CC(=O)O)C(=O)O.NC(N)=NCCC[C@@H](CC[C@@H](CCCN=C(N)N)C(=O)N[C@@H](CS)C(=O)O)NC(=O)Cc1ccc(CNC=O)cc1.O=CNCc1ccc(CC(=O)N[C@H](CC[C@@H](CC(=O)O)C(=O)N[C@@H](CS)C(=O)O)CC(=O)O)cc1. The Bertz CT molecular complexity index is 3640. The molecule has 0 heterocycles. The second-order valence-electron chi connectivity index (χ2n) is 26.2. The van der Waals surface area contributed by atoms with E-state index in [1.165, 1.54) is 0 Å². The lowest BCUT2D eigenvalue weighted by Gasteiger charge is -2.23. The summed E-state index contributed by atoms with van der Waals surface area (Å²) in [5.41, 5.74) is 37.2. The number of nitrogens with zero attached hydrogens (tertiary/aromatic N) is 3. The van der Waals surface area contributed by atoms with Gasteiger partial charge in [-0.25, -0.2) is 14.4 Å². The van der Waals surface area contributed by atoms with Crippen molar-refractivity contribution in [1.29, 1.82) is 0 Å². The van der Waals surface area contributed by atoms with Gasteiger partial charge in [-0.2, -0.15) is 25.3 Å². The van der Waals surface area contributed by atoms with E-state index in [0.29, 0.717) is 122 Å². The number of amides is 9. The van der Waals surface area contributed by atoms with Crippen LogP contribution in [0.3, 0.4) is 0 Å². The number of benzene rings is 3. The summed E-state index contributed by atoms with van der Waals surface area (Å²) in [5, 5.41) is 78.6. The zero-order valence-electron chi connectivity index (χ0n) is 63.5. The summed E-state index contributed by atoms with van der Waals surface area (Å²) >= 11 is 7.87. The van der Waals surface area contributed by atoms with Crippen LogP contribution in [-0.2, 0) is 111 Å². The van der Waals surface area contributed by atoms with Crippen LogP contribution >= 0.6 is 25.3 Å². The van der Waals surface area contributed by atoms with E-state index < -0.39 is 127 Å². The van der Waals surface area contributed by atoms with E-state index in [9.17, 15) is 92.3 Å². The zero-order chi connectivity index (χ0) is 85.5. The Kier molecular flexibility index (Phi) is 51.1. The highest BCUT2D eigenvalue weighted by Gasteiger charge is 2.31. The van der Waals surface area contributed by atoms with Crippen LogP contribution in [0.15, 0.2) is 87.8 Å². The molecule has 41 heteroatoms. The quantitative estimate of drug-likeness (QED) is 0.0102. The molecule has 0 unspecified atom stereocenters. The number of rotatable bonds is 57. The van der Waals surface area contributed by atoms with E-state index in [0.717, 1.165) is 27.8 Å². The molecule has 0 saturated carbocycles. The summed E-state index contributed by atoms with van der Waals surface area (Å²) < 4.78 is 0. The predicted octanol–water partition coefficient (Wildman–Crippen LogP) is -1.37. The molecule has 9 atom stereocenters. The number of guanidine groups is 3. The highest BCUT2D eigenvalue weighted by atomic mass is 32.1. The molecule has 39 nitrogen and oxygen atoms in total. The number of carbonyl (C=O) groups excluding carboxylic acids is 9. The monoisotopic (exact) mass is 1640 g/mol. The largest absolute Gasteiger partial charge is 0.481 e. The molecule has 0 aliphatic heterocycles. The van der Waals surface area contributed by atoms with E-state index in [1.54, 1.807) is 43.3 Å².